The van der Waals surface area contributed by atoms with E-state index in [0.29, 0.717) is 11.4 Å². The quantitative estimate of drug-likeness (QED) is 0.523. The molecule has 0 saturated heterocycles. The van der Waals surface area contributed by atoms with E-state index in [9.17, 15) is 4.79 Å². The van der Waals surface area contributed by atoms with Crippen molar-refractivity contribution in [2.45, 2.75) is 20.8 Å². The van der Waals surface area contributed by atoms with E-state index < -0.39 is 0 Å². The summed E-state index contributed by atoms with van der Waals surface area (Å²) in [4.78, 5) is 12.4. The first-order valence-electron chi connectivity index (χ1n) is 8.36. The molecular weight excluding hydrogens is 474 g/mol. The number of benzene rings is 2. The first-order valence-corrected chi connectivity index (χ1v) is 9.95. The molecule has 5 nitrogen and oxygen atoms in total. The van der Waals surface area contributed by atoms with Crippen LogP contribution in [0.5, 0.6) is 5.75 Å². The van der Waals surface area contributed by atoms with Crippen molar-refractivity contribution in [2.24, 2.45) is 0 Å². The molecule has 2 aromatic carbocycles. The molecule has 140 valence electrons. The number of ether oxygens (including phenoxy) is 1. The Balaban J connectivity index is 1.74. The molecule has 7 heteroatoms. The van der Waals surface area contributed by atoms with E-state index in [2.05, 4.69) is 42.3 Å². The van der Waals surface area contributed by atoms with Crippen LogP contribution >= 0.6 is 31.9 Å². The van der Waals surface area contributed by atoms with E-state index in [4.69, 9.17) is 4.74 Å². The minimum atomic E-state index is -0.243. The molecule has 0 spiro atoms. The summed E-state index contributed by atoms with van der Waals surface area (Å²) in [6, 6.07) is 13.7. The number of rotatable bonds is 5. The highest BCUT2D eigenvalue weighted by Crippen LogP contribution is 2.33. The maximum Gasteiger partial charge on any atom is 0.262 e. The lowest BCUT2D eigenvalue weighted by Crippen LogP contribution is -2.21. The second-order valence-corrected chi connectivity index (χ2v) is 7.89. The number of hydrogen-bond donors (Lipinski definition) is 1. The van der Waals surface area contributed by atoms with Gasteiger partial charge in [-0.1, -0.05) is 23.8 Å². The minimum Gasteiger partial charge on any atom is -0.481 e. The average molecular weight is 493 g/mol. The third-order valence-electron chi connectivity index (χ3n) is 4.10. The van der Waals surface area contributed by atoms with Crippen LogP contribution in [0.4, 0.5) is 5.69 Å². The number of aryl methyl sites for hydroxylation is 2. The number of hydrogen-bond acceptors (Lipinski definition) is 3. The molecule has 0 atom stereocenters. The Morgan fingerprint density at radius 2 is 1.70 bits per heavy atom. The fourth-order valence-electron chi connectivity index (χ4n) is 2.69. The van der Waals surface area contributed by atoms with E-state index in [1.807, 2.05) is 67.9 Å². The van der Waals surface area contributed by atoms with Gasteiger partial charge in [0.2, 0.25) is 0 Å². The number of aromatic nitrogens is 2. The molecule has 1 amide bonds. The Hall–Kier alpha value is -2.12. The fraction of sp³-hybridized carbons (Fsp3) is 0.200. The van der Waals surface area contributed by atoms with Crippen molar-refractivity contribution in [1.29, 1.82) is 0 Å². The Bertz CT molecular complexity index is 961. The third kappa shape index (κ3) is 4.42. The number of nitrogens with one attached hydrogen (secondary N) is 1. The molecule has 1 heterocycles. The molecular formula is C20H19Br2N3O2. The second kappa shape index (κ2) is 8.27. The highest BCUT2D eigenvalue weighted by atomic mass is 79.9. The van der Waals surface area contributed by atoms with Gasteiger partial charge in [0, 0.05) is 0 Å². The van der Waals surface area contributed by atoms with E-state index in [1.165, 1.54) is 5.56 Å². The zero-order valence-corrected chi connectivity index (χ0v) is 18.4. The van der Waals surface area contributed by atoms with Crippen LogP contribution in [0.15, 0.2) is 51.4 Å². The molecule has 3 aromatic rings. The Morgan fingerprint density at radius 3 is 2.33 bits per heavy atom. The predicted octanol–water partition coefficient (Wildman–Crippen LogP) is 5.34. The van der Waals surface area contributed by atoms with Gasteiger partial charge in [-0.25, -0.2) is 4.68 Å². The molecule has 1 N–H and O–H groups in total. The summed E-state index contributed by atoms with van der Waals surface area (Å²) in [6.45, 7) is 5.75. The van der Waals surface area contributed by atoms with Gasteiger partial charge >= 0.3 is 0 Å². The summed E-state index contributed by atoms with van der Waals surface area (Å²) in [6.07, 6.45) is 0. The summed E-state index contributed by atoms with van der Waals surface area (Å²) < 4.78 is 9.05. The highest BCUT2D eigenvalue weighted by Gasteiger charge is 2.16. The molecule has 0 saturated carbocycles. The van der Waals surface area contributed by atoms with Crippen molar-refractivity contribution in [2.75, 3.05) is 11.9 Å². The standard InChI is InChI=1S/C20H19Br2N3O2/c1-12-7-9-15(10-8-12)25-14(3)19(13(2)24-25)23-18(26)11-27-20-16(21)5-4-6-17(20)22/h4-10H,11H2,1-3H3,(H,23,26). The number of amides is 1. The summed E-state index contributed by atoms with van der Waals surface area (Å²) in [5.41, 5.74) is 4.46. The topological polar surface area (TPSA) is 56.2 Å². The molecule has 0 aliphatic heterocycles. The van der Waals surface area contributed by atoms with Crippen LogP contribution in [-0.4, -0.2) is 22.3 Å². The van der Waals surface area contributed by atoms with Gasteiger partial charge in [-0.15, -0.1) is 0 Å². The largest absolute Gasteiger partial charge is 0.481 e. The van der Waals surface area contributed by atoms with Gasteiger partial charge in [0.25, 0.3) is 5.91 Å². The molecule has 0 radical (unpaired) electrons. The van der Waals surface area contributed by atoms with Crippen LogP contribution in [0, 0.1) is 20.8 Å². The molecule has 0 bridgehead atoms. The molecule has 0 aliphatic carbocycles. The van der Waals surface area contributed by atoms with Crippen LogP contribution in [0.3, 0.4) is 0 Å². The maximum absolute atomic E-state index is 12.4. The fourth-order valence-corrected chi connectivity index (χ4v) is 3.92. The lowest BCUT2D eigenvalue weighted by atomic mass is 10.2. The van der Waals surface area contributed by atoms with Gasteiger partial charge in [0.05, 0.1) is 31.7 Å². The van der Waals surface area contributed by atoms with Crippen molar-refractivity contribution in [3.63, 3.8) is 0 Å². The molecule has 27 heavy (non-hydrogen) atoms. The smallest absolute Gasteiger partial charge is 0.262 e. The molecule has 0 aliphatic rings. The third-order valence-corrected chi connectivity index (χ3v) is 5.35. The molecule has 1 aromatic heterocycles. The van der Waals surface area contributed by atoms with Gasteiger partial charge in [0.15, 0.2) is 6.61 Å². The molecule has 0 unspecified atom stereocenters. The van der Waals surface area contributed by atoms with Crippen molar-refractivity contribution < 1.29 is 9.53 Å². The van der Waals surface area contributed by atoms with Crippen molar-refractivity contribution in [1.82, 2.24) is 9.78 Å². The lowest BCUT2D eigenvalue weighted by Gasteiger charge is -2.11. The number of carbonyl (C=O) groups is 1. The SMILES string of the molecule is Cc1ccc(-n2nc(C)c(NC(=O)COc3c(Br)cccc3Br)c2C)cc1. The first kappa shape index (κ1) is 19.6. The van der Waals surface area contributed by atoms with Crippen LogP contribution in [0.1, 0.15) is 17.0 Å². The summed E-state index contributed by atoms with van der Waals surface area (Å²) in [5.74, 6) is 0.351. The molecule has 0 fully saturated rings. The monoisotopic (exact) mass is 491 g/mol. The van der Waals surface area contributed by atoms with Crippen LogP contribution < -0.4 is 10.1 Å². The number of carbonyl (C=O) groups excluding carboxylic acids is 1. The van der Waals surface area contributed by atoms with Crippen LogP contribution in [0.2, 0.25) is 0 Å². The van der Waals surface area contributed by atoms with Gasteiger partial charge in [0.1, 0.15) is 5.75 Å². The van der Waals surface area contributed by atoms with E-state index >= 15 is 0 Å². The van der Waals surface area contributed by atoms with Gasteiger partial charge < -0.3 is 10.1 Å². The maximum atomic E-state index is 12.4. The summed E-state index contributed by atoms with van der Waals surface area (Å²) in [7, 11) is 0. The minimum absolute atomic E-state index is 0.101. The zero-order chi connectivity index (χ0) is 19.6. The van der Waals surface area contributed by atoms with E-state index in [0.717, 1.165) is 26.0 Å². The number of anilines is 1. The Morgan fingerprint density at radius 1 is 1.07 bits per heavy atom. The van der Waals surface area contributed by atoms with Crippen molar-refractivity contribution in [3.05, 3.63) is 68.4 Å². The second-order valence-electron chi connectivity index (χ2n) is 6.18. The summed E-state index contributed by atoms with van der Waals surface area (Å²) in [5, 5.41) is 7.47. The average Bonchev–Trinajstić information content (AvgIpc) is 2.90. The van der Waals surface area contributed by atoms with Gasteiger partial charge in [-0.2, -0.15) is 5.10 Å². The Labute approximate surface area is 175 Å². The van der Waals surface area contributed by atoms with Gasteiger partial charge in [-0.05, 0) is 76.9 Å². The number of halogens is 2. The Kier molecular flexibility index (Phi) is 6.01. The lowest BCUT2D eigenvalue weighted by molar-refractivity contribution is -0.118. The van der Waals surface area contributed by atoms with E-state index in [1.54, 1.807) is 0 Å². The molecule has 3 rings (SSSR count). The summed E-state index contributed by atoms with van der Waals surface area (Å²) >= 11 is 6.84. The van der Waals surface area contributed by atoms with Crippen LogP contribution in [-0.2, 0) is 4.79 Å². The van der Waals surface area contributed by atoms with Crippen molar-refractivity contribution in [3.8, 4) is 11.4 Å². The van der Waals surface area contributed by atoms with Crippen LogP contribution in [0.25, 0.3) is 5.69 Å². The predicted molar refractivity (Wildman–Crippen MR) is 114 cm³/mol. The van der Waals surface area contributed by atoms with Gasteiger partial charge in [-0.3, -0.25) is 4.79 Å². The van der Waals surface area contributed by atoms with E-state index in [-0.39, 0.29) is 12.5 Å². The highest BCUT2D eigenvalue weighted by molar-refractivity contribution is 9.11. The van der Waals surface area contributed by atoms with Crippen molar-refractivity contribution >= 4 is 43.5 Å². The number of nitrogens with zero attached hydrogens (tertiary/aromatic N) is 2. The zero-order valence-electron chi connectivity index (χ0n) is 15.2. The number of para-hydroxylation sites is 1. The normalized spacial score (nSPS) is 10.7. The first-order chi connectivity index (χ1) is 12.9.